The highest BCUT2D eigenvalue weighted by molar-refractivity contribution is 5.86. The number of H-pyrrole nitrogens is 1. The minimum absolute atomic E-state index is 0.0297. The summed E-state index contributed by atoms with van der Waals surface area (Å²) in [5.41, 5.74) is 0.726. The first kappa shape index (κ1) is 20.4. The number of nitrogens with zero attached hydrogens (tertiary/aromatic N) is 2. The molecule has 1 aromatic carbocycles. The first-order chi connectivity index (χ1) is 15.5. The van der Waals surface area contributed by atoms with Crippen molar-refractivity contribution >= 4 is 16.7 Å². The lowest BCUT2D eigenvalue weighted by atomic mass is 9.88. The average molecular weight is 436 g/mol. The van der Waals surface area contributed by atoms with Gasteiger partial charge in [0.2, 0.25) is 0 Å². The number of aromatic amines is 1. The fraction of sp³-hybridized carbons (Fsp3) is 0.391. The van der Waals surface area contributed by atoms with Crippen LogP contribution in [0.3, 0.4) is 0 Å². The number of fused-ring (bicyclic) bond motifs is 1. The van der Waals surface area contributed by atoms with Crippen LogP contribution in [0.5, 0.6) is 11.5 Å². The fourth-order valence-electron chi connectivity index (χ4n) is 4.30. The normalized spacial score (nSPS) is 18.6. The first-order valence-electron chi connectivity index (χ1n) is 10.9. The maximum atomic E-state index is 12.3. The van der Waals surface area contributed by atoms with Crippen LogP contribution in [0, 0.1) is 16.0 Å². The van der Waals surface area contributed by atoms with Crippen molar-refractivity contribution < 1.29 is 14.8 Å². The number of phenols is 1. The van der Waals surface area contributed by atoms with E-state index in [9.17, 15) is 20.0 Å². The predicted molar refractivity (Wildman–Crippen MR) is 119 cm³/mol. The van der Waals surface area contributed by atoms with Crippen LogP contribution in [0.15, 0.2) is 35.1 Å². The Bertz CT molecular complexity index is 1250. The molecule has 2 aliphatic rings. The molecule has 9 nitrogen and oxygen atoms in total. The van der Waals surface area contributed by atoms with Crippen molar-refractivity contribution in [2.45, 2.75) is 31.6 Å². The highest BCUT2D eigenvalue weighted by Gasteiger charge is 2.26. The average Bonchev–Trinajstić information content (AvgIpc) is 3.61. The second-order valence-electron chi connectivity index (χ2n) is 8.55. The van der Waals surface area contributed by atoms with Gasteiger partial charge in [-0.15, -0.1) is 0 Å². The van der Waals surface area contributed by atoms with Crippen LogP contribution in [-0.4, -0.2) is 39.7 Å². The Morgan fingerprint density at radius 2 is 2.09 bits per heavy atom. The van der Waals surface area contributed by atoms with Crippen LogP contribution in [0.1, 0.15) is 37.2 Å². The van der Waals surface area contributed by atoms with Gasteiger partial charge in [-0.2, -0.15) is 0 Å². The number of rotatable bonds is 6. The molecule has 3 heterocycles. The number of hydrogen-bond donors (Lipinski definition) is 3. The molecule has 1 saturated carbocycles. The zero-order valence-electron chi connectivity index (χ0n) is 17.5. The summed E-state index contributed by atoms with van der Waals surface area (Å²) in [6, 6.07) is 8.26. The van der Waals surface area contributed by atoms with E-state index in [0.717, 1.165) is 44.3 Å². The first-order valence-corrected chi connectivity index (χ1v) is 10.9. The van der Waals surface area contributed by atoms with Crippen LogP contribution in [0.4, 0.5) is 5.69 Å². The molecule has 1 unspecified atom stereocenters. The quantitative estimate of drug-likeness (QED) is 0.398. The highest BCUT2D eigenvalue weighted by atomic mass is 16.6. The van der Waals surface area contributed by atoms with Crippen molar-refractivity contribution in [2.75, 3.05) is 19.7 Å². The van der Waals surface area contributed by atoms with E-state index in [1.807, 2.05) is 6.07 Å². The van der Waals surface area contributed by atoms with Gasteiger partial charge < -0.3 is 20.1 Å². The van der Waals surface area contributed by atoms with E-state index >= 15 is 0 Å². The van der Waals surface area contributed by atoms with Crippen LogP contribution in [0.25, 0.3) is 22.3 Å². The number of phenolic OH excluding ortho intramolecular Hbond substituents is 1. The lowest BCUT2D eigenvalue weighted by Crippen LogP contribution is -2.28. The molecule has 2 fully saturated rings. The van der Waals surface area contributed by atoms with Crippen LogP contribution in [-0.2, 0) is 0 Å². The van der Waals surface area contributed by atoms with Gasteiger partial charge in [0.15, 0.2) is 0 Å². The van der Waals surface area contributed by atoms with Gasteiger partial charge in [-0.3, -0.25) is 14.9 Å². The minimum atomic E-state index is -0.803. The van der Waals surface area contributed by atoms with Gasteiger partial charge >= 0.3 is 11.2 Å². The predicted octanol–water partition coefficient (Wildman–Crippen LogP) is 3.46. The Morgan fingerprint density at radius 3 is 2.81 bits per heavy atom. The molecular weight excluding hydrogens is 412 g/mol. The van der Waals surface area contributed by atoms with E-state index in [4.69, 9.17) is 4.74 Å². The van der Waals surface area contributed by atoms with Gasteiger partial charge in [0.25, 0.3) is 0 Å². The third kappa shape index (κ3) is 3.91. The number of ether oxygens (including phenoxy) is 1. The van der Waals surface area contributed by atoms with Crippen LogP contribution < -0.4 is 15.6 Å². The molecule has 9 heteroatoms. The number of pyridine rings is 2. The molecule has 0 radical (unpaired) electrons. The second-order valence-corrected chi connectivity index (χ2v) is 8.55. The summed E-state index contributed by atoms with van der Waals surface area (Å²) in [6.45, 7) is 2.21. The van der Waals surface area contributed by atoms with Gasteiger partial charge in [-0.1, -0.05) is 6.07 Å². The summed E-state index contributed by atoms with van der Waals surface area (Å²) in [7, 11) is 0. The lowest BCUT2D eigenvalue weighted by molar-refractivity contribution is -0.386. The molecule has 0 spiro atoms. The molecule has 1 saturated heterocycles. The summed E-state index contributed by atoms with van der Waals surface area (Å²) in [6.07, 6.45) is 4.16. The van der Waals surface area contributed by atoms with E-state index < -0.39 is 16.2 Å². The standard InChI is InChI=1S/C23H24N4O5/c28-19-4-1-5-20(32-12-13-6-7-13)21(19)17-9-15(14-3-2-8-24-11-14)16-10-18(27(30)31)23(29)26-22(16)25-17/h1,4-5,9-10,13-14,24,28H,2-3,6-8,11-12H2,(H,25,26,29). The number of aromatic hydroxyl groups is 1. The number of piperidine rings is 1. The van der Waals surface area contributed by atoms with Gasteiger partial charge in [-0.25, -0.2) is 4.98 Å². The monoisotopic (exact) mass is 436 g/mol. The largest absolute Gasteiger partial charge is 0.507 e. The molecule has 5 rings (SSSR count). The molecule has 166 valence electrons. The molecule has 0 bridgehead atoms. The zero-order chi connectivity index (χ0) is 22.2. The third-order valence-corrected chi connectivity index (χ3v) is 6.20. The maximum Gasteiger partial charge on any atom is 0.334 e. The van der Waals surface area contributed by atoms with Crippen molar-refractivity contribution in [1.82, 2.24) is 15.3 Å². The molecule has 3 N–H and O–H groups in total. The Kier molecular flexibility index (Phi) is 5.26. The minimum Gasteiger partial charge on any atom is -0.507 e. The molecule has 2 aromatic heterocycles. The second kappa shape index (κ2) is 8.23. The van der Waals surface area contributed by atoms with E-state index in [1.54, 1.807) is 18.2 Å². The number of aromatic nitrogens is 2. The summed E-state index contributed by atoms with van der Waals surface area (Å²) in [4.78, 5) is 30.2. The maximum absolute atomic E-state index is 12.3. The molecular formula is C23H24N4O5. The summed E-state index contributed by atoms with van der Waals surface area (Å²) >= 11 is 0. The van der Waals surface area contributed by atoms with Crippen molar-refractivity contribution in [3.63, 3.8) is 0 Å². The van der Waals surface area contributed by atoms with E-state index in [-0.39, 0.29) is 17.3 Å². The summed E-state index contributed by atoms with van der Waals surface area (Å²) in [5.74, 6) is 1.19. The van der Waals surface area contributed by atoms with Gasteiger partial charge in [-0.05, 0) is 67.8 Å². The lowest BCUT2D eigenvalue weighted by Gasteiger charge is -2.25. The molecule has 0 amide bonds. The Morgan fingerprint density at radius 1 is 1.25 bits per heavy atom. The Hall–Kier alpha value is -3.46. The van der Waals surface area contributed by atoms with Gasteiger partial charge in [0.05, 0.1) is 22.8 Å². The topological polar surface area (TPSA) is 130 Å². The molecule has 1 atom stereocenters. The number of nitro groups is 1. The van der Waals surface area contributed by atoms with Gasteiger partial charge in [0, 0.05) is 18.0 Å². The highest BCUT2D eigenvalue weighted by Crippen LogP contribution is 2.41. The Labute approximate surface area is 183 Å². The Balaban J connectivity index is 1.70. The van der Waals surface area contributed by atoms with E-state index in [0.29, 0.717) is 34.9 Å². The van der Waals surface area contributed by atoms with Gasteiger partial charge in [0.1, 0.15) is 17.1 Å². The van der Waals surface area contributed by atoms with Crippen LogP contribution in [0.2, 0.25) is 0 Å². The summed E-state index contributed by atoms with van der Waals surface area (Å²) < 4.78 is 5.99. The van der Waals surface area contributed by atoms with Crippen LogP contribution >= 0.6 is 0 Å². The molecule has 32 heavy (non-hydrogen) atoms. The van der Waals surface area contributed by atoms with E-state index in [2.05, 4.69) is 15.3 Å². The SMILES string of the molecule is O=c1[nH]c2nc(-c3c(O)cccc3OCC3CC3)cc(C3CCCNC3)c2cc1[N+](=O)[O-]. The van der Waals surface area contributed by atoms with Crippen molar-refractivity contribution in [1.29, 1.82) is 0 Å². The van der Waals surface area contributed by atoms with E-state index in [1.165, 1.54) is 6.07 Å². The molecule has 1 aliphatic carbocycles. The smallest absolute Gasteiger partial charge is 0.334 e. The molecule has 1 aliphatic heterocycles. The zero-order valence-corrected chi connectivity index (χ0v) is 17.5. The third-order valence-electron chi connectivity index (χ3n) is 6.20. The number of hydrogen-bond acceptors (Lipinski definition) is 7. The number of nitrogens with one attached hydrogen (secondary N) is 2. The van der Waals surface area contributed by atoms with Crippen molar-refractivity contribution in [3.8, 4) is 22.8 Å². The van der Waals surface area contributed by atoms with Crippen molar-refractivity contribution in [2.24, 2.45) is 5.92 Å². The number of benzene rings is 1. The fourth-order valence-corrected chi connectivity index (χ4v) is 4.30. The molecule has 3 aromatic rings. The van der Waals surface area contributed by atoms with Crippen molar-refractivity contribution in [3.05, 3.63) is 56.4 Å². The summed E-state index contributed by atoms with van der Waals surface area (Å²) in [5, 5.41) is 26.0.